The Hall–Kier alpha value is -3.19. The molecule has 1 fully saturated rings. The second kappa shape index (κ2) is 9.54. The highest BCUT2D eigenvalue weighted by atomic mass is 16.5. The average Bonchev–Trinajstić information content (AvgIpc) is 3.28. The van der Waals surface area contributed by atoms with Gasteiger partial charge in [-0.15, -0.1) is 0 Å². The lowest BCUT2D eigenvalue weighted by Crippen LogP contribution is -2.40. The summed E-state index contributed by atoms with van der Waals surface area (Å²) in [4.78, 5) is 19.3. The summed E-state index contributed by atoms with van der Waals surface area (Å²) in [7, 11) is 1.62. The van der Waals surface area contributed by atoms with Crippen LogP contribution in [0, 0.1) is 5.92 Å². The smallest absolute Gasteiger partial charge is 0.246 e. The van der Waals surface area contributed by atoms with E-state index in [0.717, 1.165) is 43.8 Å². The van der Waals surface area contributed by atoms with E-state index in [4.69, 9.17) is 9.26 Å². The molecule has 4 rings (SSSR count). The van der Waals surface area contributed by atoms with Gasteiger partial charge in [0.05, 0.1) is 13.7 Å². The Labute approximate surface area is 176 Å². The molecule has 0 bridgehead atoms. The average molecular weight is 406 g/mol. The van der Waals surface area contributed by atoms with E-state index in [1.165, 1.54) is 5.56 Å². The van der Waals surface area contributed by atoms with Crippen molar-refractivity contribution in [2.24, 2.45) is 5.92 Å². The van der Waals surface area contributed by atoms with E-state index in [1.807, 2.05) is 30.3 Å². The SMILES string of the molecule is COc1ccc(-c2noc(CNC(=O)C3CCN(Cc4ccccc4)CC3)n2)cc1. The first-order valence-corrected chi connectivity index (χ1v) is 10.2. The van der Waals surface area contributed by atoms with Gasteiger partial charge in [-0.2, -0.15) is 4.98 Å². The molecule has 0 saturated carbocycles. The fourth-order valence-electron chi connectivity index (χ4n) is 3.69. The minimum Gasteiger partial charge on any atom is -0.497 e. The normalized spacial score (nSPS) is 15.1. The van der Waals surface area contributed by atoms with Gasteiger partial charge >= 0.3 is 0 Å². The van der Waals surface area contributed by atoms with Crippen LogP contribution in [0.1, 0.15) is 24.3 Å². The van der Waals surface area contributed by atoms with Gasteiger partial charge in [-0.3, -0.25) is 9.69 Å². The van der Waals surface area contributed by atoms with Crippen LogP contribution in [0.3, 0.4) is 0 Å². The van der Waals surface area contributed by atoms with Crippen molar-refractivity contribution in [1.82, 2.24) is 20.4 Å². The standard InChI is InChI=1S/C23H26N4O3/c1-29-20-9-7-18(8-10-20)22-25-21(30-26-22)15-24-23(28)19-11-13-27(14-12-19)16-17-5-3-2-4-6-17/h2-10,19H,11-16H2,1H3,(H,24,28). The zero-order valence-corrected chi connectivity index (χ0v) is 17.1. The summed E-state index contributed by atoms with van der Waals surface area (Å²) in [6, 6.07) is 17.9. The summed E-state index contributed by atoms with van der Waals surface area (Å²) in [5.41, 5.74) is 2.15. The molecule has 2 heterocycles. The molecule has 2 aromatic carbocycles. The van der Waals surface area contributed by atoms with Gasteiger partial charge in [0.1, 0.15) is 5.75 Å². The van der Waals surface area contributed by atoms with E-state index in [0.29, 0.717) is 11.7 Å². The molecule has 3 aromatic rings. The number of rotatable bonds is 7. The third-order valence-corrected chi connectivity index (χ3v) is 5.44. The molecule has 0 aliphatic carbocycles. The first-order valence-electron chi connectivity index (χ1n) is 10.2. The van der Waals surface area contributed by atoms with E-state index < -0.39 is 0 Å². The number of nitrogens with zero attached hydrogens (tertiary/aromatic N) is 3. The summed E-state index contributed by atoms with van der Waals surface area (Å²) < 4.78 is 10.4. The molecular formula is C23H26N4O3. The van der Waals surface area contributed by atoms with Crippen LogP contribution in [-0.4, -0.2) is 41.1 Å². The zero-order valence-electron chi connectivity index (χ0n) is 17.1. The lowest BCUT2D eigenvalue weighted by molar-refractivity contribution is -0.126. The maximum Gasteiger partial charge on any atom is 0.246 e. The number of piperidine rings is 1. The molecule has 1 N–H and O–H groups in total. The summed E-state index contributed by atoms with van der Waals surface area (Å²) in [5, 5.41) is 6.94. The fourth-order valence-corrected chi connectivity index (χ4v) is 3.69. The number of amides is 1. The Morgan fingerprint density at radius 2 is 1.87 bits per heavy atom. The quantitative estimate of drug-likeness (QED) is 0.649. The Morgan fingerprint density at radius 3 is 2.57 bits per heavy atom. The zero-order chi connectivity index (χ0) is 20.8. The van der Waals surface area contributed by atoms with Crippen molar-refractivity contribution in [2.75, 3.05) is 20.2 Å². The Bertz CT molecular complexity index is 948. The van der Waals surface area contributed by atoms with Crippen molar-refractivity contribution >= 4 is 5.91 Å². The number of aromatic nitrogens is 2. The number of ether oxygens (including phenoxy) is 1. The number of hydrogen-bond acceptors (Lipinski definition) is 6. The Balaban J connectivity index is 1.24. The lowest BCUT2D eigenvalue weighted by Gasteiger charge is -2.31. The van der Waals surface area contributed by atoms with Gasteiger partial charge in [0.15, 0.2) is 0 Å². The maximum absolute atomic E-state index is 12.6. The number of methoxy groups -OCH3 is 1. The van der Waals surface area contributed by atoms with Crippen LogP contribution in [0.15, 0.2) is 59.1 Å². The number of benzene rings is 2. The first kappa shape index (κ1) is 20.1. The first-order chi connectivity index (χ1) is 14.7. The molecule has 7 heteroatoms. The molecule has 1 amide bonds. The molecule has 0 atom stereocenters. The van der Waals surface area contributed by atoms with Gasteiger partial charge in [0.2, 0.25) is 17.6 Å². The number of likely N-dealkylation sites (tertiary alicyclic amines) is 1. The van der Waals surface area contributed by atoms with Crippen molar-refractivity contribution in [3.63, 3.8) is 0 Å². The summed E-state index contributed by atoms with van der Waals surface area (Å²) in [5.74, 6) is 1.75. The van der Waals surface area contributed by atoms with Crippen LogP contribution < -0.4 is 10.1 Å². The Kier molecular flexibility index (Phi) is 6.39. The minimum atomic E-state index is 0.0287. The molecule has 0 unspecified atom stereocenters. The van der Waals surface area contributed by atoms with Gasteiger partial charge in [-0.05, 0) is 55.8 Å². The predicted molar refractivity (Wildman–Crippen MR) is 113 cm³/mol. The molecule has 1 saturated heterocycles. The summed E-state index contributed by atoms with van der Waals surface area (Å²) in [6.45, 7) is 3.03. The van der Waals surface area contributed by atoms with Gasteiger partial charge in [0.25, 0.3) is 0 Å². The van der Waals surface area contributed by atoms with E-state index in [9.17, 15) is 4.79 Å². The third kappa shape index (κ3) is 5.04. The molecule has 156 valence electrons. The van der Waals surface area contributed by atoms with Crippen molar-refractivity contribution in [3.05, 3.63) is 66.1 Å². The molecule has 0 radical (unpaired) electrons. The number of carbonyl (C=O) groups is 1. The number of hydrogen-bond donors (Lipinski definition) is 1. The van der Waals surface area contributed by atoms with Crippen molar-refractivity contribution in [1.29, 1.82) is 0 Å². The van der Waals surface area contributed by atoms with E-state index in [2.05, 4.69) is 44.6 Å². The minimum absolute atomic E-state index is 0.0287. The number of carbonyl (C=O) groups excluding carboxylic acids is 1. The van der Waals surface area contributed by atoms with Crippen LogP contribution in [0.2, 0.25) is 0 Å². The van der Waals surface area contributed by atoms with Crippen LogP contribution in [0.25, 0.3) is 11.4 Å². The molecule has 1 aliphatic heterocycles. The molecule has 1 aliphatic rings. The van der Waals surface area contributed by atoms with E-state index >= 15 is 0 Å². The molecule has 30 heavy (non-hydrogen) atoms. The highest BCUT2D eigenvalue weighted by Crippen LogP contribution is 2.21. The monoisotopic (exact) mass is 406 g/mol. The summed E-state index contributed by atoms with van der Waals surface area (Å²) >= 11 is 0. The van der Waals surface area contributed by atoms with E-state index in [-0.39, 0.29) is 18.4 Å². The topological polar surface area (TPSA) is 80.5 Å². The molecule has 1 aromatic heterocycles. The van der Waals surface area contributed by atoms with Crippen LogP contribution >= 0.6 is 0 Å². The maximum atomic E-state index is 12.6. The fraction of sp³-hybridized carbons (Fsp3) is 0.348. The molecule has 0 spiro atoms. The van der Waals surface area contributed by atoms with Crippen molar-refractivity contribution < 1.29 is 14.1 Å². The van der Waals surface area contributed by atoms with Crippen LogP contribution in [-0.2, 0) is 17.9 Å². The van der Waals surface area contributed by atoms with Gasteiger partial charge in [0, 0.05) is 18.0 Å². The van der Waals surface area contributed by atoms with Gasteiger partial charge in [-0.1, -0.05) is 35.5 Å². The van der Waals surface area contributed by atoms with Gasteiger partial charge < -0.3 is 14.6 Å². The van der Waals surface area contributed by atoms with Crippen molar-refractivity contribution in [3.8, 4) is 17.1 Å². The largest absolute Gasteiger partial charge is 0.497 e. The van der Waals surface area contributed by atoms with Crippen LogP contribution in [0.4, 0.5) is 0 Å². The van der Waals surface area contributed by atoms with Crippen LogP contribution in [0.5, 0.6) is 5.75 Å². The second-order valence-corrected chi connectivity index (χ2v) is 7.49. The Morgan fingerprint density at radius 1 is 1.13 bits per heavy atom. The molecule has 7 nitrogen and oxygen atoms in total. The number of nitrogens with one attached hydrogen (secondary N) is 1. The highest BCUT2D eigenvalue weighted by Gasteiger charge is 2.25. The molecular weight excluding hydrogens is 380 g/mol. The predicted octanol–water partition coefficient (Wildman–Crippen LogP) is 3.27. The van der Waals surface area contributed by atoms with E-state index in [1.54, 1.807) is 7.11 Å². The van der Waals surface area contributed by atoms with Crippen molar-refractivity contribution in [2.45, 2.75) is 25.9 Å². The second-order valence-electron chi connectivity index (χ2n) is 7.49. The highest BCUT2D eigenvalue weighted by molar-refractivity contribution is 5.78. The lowest BCUT2D eigenvalue weighted by atomic mass is 9.95. The van der Waals surface area contributed by atoms with Gasteiger partial charge in [-0.25, -0.2) is 0 Å². The summed E-state index contributed by atoms with van der Waals surface area (Å²) in [6.07, 6.45) is 1.72. The third-order valence-electron chi connectivity index (χ3n) is 5.44.